The van der Waals surface area contributed by atoms with Gasteiger partial charge < -0.3 is 9.80 Å². The average molecular weight is 329 g/mol. The van der Waals surface area contributed by atoms with Crippen molar-refractivity contribution >= 4 is 41.3 Å². The maximum absolute atomic E-state index is 5.76. The molecule has 2 aromatic rings. The number of rotatable bonds is 4. The lowest BCUT2D eigenvalue weighted by atomic mass is 10.2. The predicted molar refractivity (Wildman–Crippen MR) is 101 cm³/mol. The highest BCUT2D eigenvalue weighted by Gasteiger charge is 2.28. The first kappa shape index (κ1) is 15.3. The topological polar surface area (TPSA) is 9.72 Å². The molecular formula is C17H19N3S2. The Morgan fingerprint density at radius 2 is 1.27 bits per heavy atom. The molecule has 3 nitrogen and oxygen atoms in total. The van der Waals surface area contributed by atoms with Gasteiger partial charge in [-0.1, -0.05) is 36.4 Å². The van der Waals surface area contributed by atoms with E-state index < -0.39 is 0 Å². The van der Waals surface area contributed by atoms with Crippen LogP contribution in [0.4, 0.5) is 11.4 Å². The number of thiol groups is 1. The molecule has 0 spiro atoms. The molecule has 5 heteroatoms. The van der Waals surface area contributed by atoms with Crippen LogP contribution in [0.3, 0.4) is 0 Å². The fourth-order valence-corrected chi connectivity index (χ4v) is 3.20. The Balaban J connectivity index is 1.92. The Kier molecular flexibility index (Phi) is 4.97. The summed E-state index contributed by atoms with van der Waals surface area (Å²) in [7, 11) is 0. The van der Waals surface area contributed by atoms with Crippen LogP contribution in [0.1, 0.15) is 0 Å². The summed E-state index contributed by atoms with van der Waals surface area (Å²) >= 11 is 10.1. The molecule has 0 amide bonds. The Bertz CT molecular complexity index is 567. The molecule has 0 bridgehead atoms. The van der Waals surface area contributed by atoms with Crippen molar-refractivity contribution < 1.29 is 0 Å². The molecular weight excluding hydrogens is 310 g/mol. The minimum absolute atomic E-state index is 0.798. The third-order valence-electron chi connectivity index (χ3n) is 3.70. The van der Waals surface area contributed by atoms with E-state index >= 15 is 0 Å². The Hall–Kier alpha value is -1.56. The van der Waals surface area contributed by atoms with Crippen LogP contribution in [0.5, 0.6) is 0 Å². The molecule has 0 N–H and O–H groups in total. The molecule has 0 aromatic heterocycles. The molecule has 0 atom stereocenters. The lowest BCUT2D eigenvalue weighted by Crippen LogP contribution is -2.58. The van der Waals surface area contributed by atoms with Crippen LogP contribution < -0.4 is 9.80 Å². The lowest BCUT2D eigenvalue weighted by molar-refractivity contribution is 0.295. The van der Waals surface area contributed by atoms with Gasteiger partial charge in [-0.3, -0.25) is 4.90 Å². The van der Waals surface area contributed by atoms with Crippen molar-refractivity contribution in [3.05, 3.63) is 60.7 Å². The second kappa shape index (κ2) is 7.13. The van der Waals surface area contributed by atoms with Gasteiger partial charge in [0.2, 0.25) is 0 Å². The van der Waals surface area contributed by atoms with Crippen molar-refractivity contribution in [1.82, 2.24) is 4.90 Å². The van der Waals surface area contributed by atoms with Gasteiger partial charge in [0, 0.05) is 23.7 Å². The zero-order chi connectivity index (χ0) is 15.4. The largest absolute Gasteiger partial charge is 0.305 e. The second-order valence-electron chi connectivity index (χ2n) is 5.21. The summed E-state index contributed by atoms with van der Waals surface area (Å²) in [4.78, 5) is 6.70. The van der Waals surface area contributed by atoms with Crippen LogP contribution in [0.25, 0.3) is 0 Å². The first-order valence-corrected chi connectivity index (χ1v) is 8.36. The molecule has 0 saturated carbocycles. The van der Waals surface area contributed by atoms with Crippen LogP contribution in [-0.2, 0) is 0 Å². The van der Waals surface area contributed by atoms with Crippen LogP contribution in [-0.4, -0.2) is 35.6 Å². The number of hydrogen-bond donors (Lipinski definition) is 1. The minimum Gasteiger partial charge on any atom is -0.305 e. The third kappa shape index (κ3) is 3.27. The molecule has 0 radical (unpaired) electrons. The number of nitrogens with zero attached hydrogens (tertiary/aromatic N) is 3. The average Bonchev–Trinajstić information content (AvgIpc) is 2.58. The highest BCUT2D eigenvalue weighted by Crippen LogP contribution is 2.24. The van der Waals surface area contributed by atoms with Crippen molar-refractivity contribution in [2.75, 3.05) is 35.4 Å². The SMILES string of the molecule is S=C1N(c2ccccc2)CN(CCS)CN1c1ccccc1. The molecule has 1 aliphatic rings. The standard InChI is InChI=1S/C17H19N3S2/c21-12-11-18-13-19(15-7-3-1-4-8-15)17(22)20(14-18)16-9-5-2-6-10-16/h1-10,21H,11-14H2. The highest BCUT2D eigenvalue weighted by molar-refractivity contribution is 7.80. The lowest BCUT2D eigenvalue weighted by Gasteiger charge is -2.44. The van der Waals surface area contributed by atoms with Gasteiger partial charge in [0.15, 0.2) is 5.11 Å². The van der Waals surface area contributed by atoms with E-state index in [0.29, 0.717) is 0 Å². The van der Waals surface area contributed by atoms with Crippen LogP contribution in [0, 0.1) is 0 Å². The summed E-state index contributed by atoms with van der Waals surface area (Å²) < 4.78 is 0. The van der Waals surface area contributed by atoms with E-state index in [1.54, 1.807) is 0 Å². The van der Waals surface area contributed by atoms with Crippen LogP contribution >= 0.6 is 24.8 Å². The number of para-hydroxylation sites is 2. The number of hydrogen-bond acceptors (Lipinski definition) is 3. The normalized spacial score (nSPS) is 16.1. The van der Waals surface area contributed by atoms with Gasteiger partial charge in [0.1, 0.15) is 0 Å². The Morgan fingerprint density at radius 1 is 0.818 bits per heavy atom. The molecule has 1 heterocycles. The van der Waals surface area contributed by atoms with Gasteiger partial charge in [-0.2, -0.15) is 12.6 Å². The maximum Gasteiger partial charge on any atom is 0.182 e. The van der Waals surface area contributed by atoms with Gasteiger partial charge in [-0.05, 0) is 36.5 Å². The van der Waals surface area contributed by atoms with E-state index in [9.17, 15) is 0 Å². The van der Waals surface area contributed by atoms with Crippen molar-refractivity contribution in [1.29, 1.82) is 0 Å². The first-order chi connectivity index (χ1) is 10.8. The molecule has 1 aliphatic heterocycles. The highest BCUT2D eigenvalue weighted by atomic mass is 32.1. The summed E-state index contributed by atoms with van der Waals surface area (Å²) in [6, 6.07) is 20.6. The van der Waals surface area contributed by atoms with Gasteiger partial charge in [-0.15, -0.1) is 0 Å². The van der Waals surface area contributed by atoms with Crippen molar-refractivity contribution in [2.45, 2.75) is 0 Å². The van der Waals surface area contributed by atoms with E-state index in [2.05, 4.69) is 51.6 Å². The van der Waals surface area contributed by atoms with Crippen LogP contribution in [0.2, 0.25) is 0 Å². The third-order valence-corrected chi connectivity index (χ3v) is 4.34. The van der Waals surface area contributed by atoms with E-state index in [4.69, 9.17) is 12.2 Å². The van der Waals surface area contributed by atoms with E-state index in [1.165, 1.54) is 0 Å². The van der Waals surface area contributed by atoms with Crippen LogP contribution in [0.15, 0.2) is 60.7 Å². The summed E-state index contributed by atoms with van der Waals surface area (Å²) in [5.41, 5.74) is 2.24. The molecule has 0 aliphatic carbocycles. The second-order valence-corrected chi connectivity index (χ2v) is 6.02. The molecule has 114 valence electrons. The first-order valence-electron chi connectivity index (χ1n) is 7.32. The van der Waals surface area contributed by atoms with Gasteiger partial charge >= 0.3 is 0 Å². The number of anilines is 2. The van der Waals surface area contributed by atoms with Gasteiger partial charge in [0.25, 0.3) is 0 Å². The fourth-order valence-electron chi connectivity index (χ4n) is 2.59. The molecule has 1 saturated heterocycles. The zero-order valence-corrected chi connectivity index (χ0v) is 14.0. The summed E-state index contributed by atoms with van der Waals surface area (Å²) in [6.45, 7) is 2.53. The molecule has 22 heavy (non-hydrogen) atoms. The predicted octanol–water partition coefficient (Wildman–Crippen LogP) is 3.44. The monoisotopic (exact) mass is 329 g/mol. The number of benzene rings is 2. The van der Waals surface area contributed by atoms with Gasteiger partial charge in [0.05, 0.1) is 13.3 Å². The smallest absolute Gasteiger partial charge is 0.182 e. The van der Waals surface area contributed by atoms with E-state index in [1.807, 2.05) is 36.4 Å². The quantitative estimate of drug-likeness (QED) is 0.679. The number of thiocarbonyl (C=S) groups is 1. The molecule has 1 fully saturated rings. The van der Waals surface area contributed by atoms with E-state index in [0.717, 1.165) is 42.1 Å². The molecule has 2 aromatic carbocycles. The van der Waals surface area contributed by atoms with Gasteiger partial charge in [-0.25, -0.2) is 0 Å². The minimum atomic E-state index is 0.798. The zero-order valence-electron chi connectivity index (χ0n) is 12.3. The molecule has 3 rings (SSSR count). The summed E-state index contributed by atoms with van der Waals surface area (Å²) in [5, 5.41) is 0.841. The van der Waals surface area contributed by atoms with Crippen molar-refractivity contribution in [3.63, 3.8) is 0 Å². The van der Waals surface area contributed by atoms with Crippen molar-refractivity contribution in [2.24, 2.45) is 0 Å². The van der Waals surface area contributed by atoms with E-state index in [-0.39, 0.29) is 0 Å². The molecule has 0 unspecified atom stereocenters. The maximum atomic E-state index is 5.76. The summed E-state index contributed by atoms with van der Waals surface area (Å²) in [5.74, 6) is 0.831. The Morgan fingerprint density at radius 3 is 1.68 bits per heavy atom. The fraction of sp³-hybridized carbons (Fsp3) is 0.235. The van der Waals surface area contributed by atoms with Crippen molar-refractivity contribution in [3.8, 4) is 0 Å². The Labute approximate surface area is 142 Å². The summed E-state index contributed by atoms with van der Waals surface area (Å²) in [6.07, 6.45) is 0.